The highest BCUT2D eigenvalue weighted by Gasteiger charge is 2.09. The van der Waals surface area contributed by atoms with Crippen molar-refractivity contribution in [3.63, 3.8) is 0 Å². The summed E-state index contributed by atoms with van der Waals surface area (Å²) in [7, 11) is 0. The molecule has 3 rings (SSSR count). The Morgan fingerprint density at radius 1 is 1.40 bits per heavy atom. The number of H-pyrrole nitrogens is 1. The molecule has 0 spiro atoms. The Morgan fingerprint density at radius 2 is 2.30 bits per heavy atom. The zero-order valence-electron chi connectivity index (χ0n) is 11.0. The van der Waals surface area contributed by atoms with Gasteiger partial charge in [-0.15, -0.1) is 0 Å². The molecule has 0 aliphatic rings. The minimum absolute atomic E-state index is 0.678. The first-order chi connectivity index (χ1) is 9.75. The number of nitrogens with one attached hydrogen (secondary N) is 2. The highest BCUT2D eigenvalue weighted by atomic mass is 35.5. The Hall–Kier alpha value is -2.27. The highest BCUT2D eigenvalue weighted by Crippen LogP contribution is 2.28. The van der Waals surface area contributed by atoms with E-state index < -0.39 is 0 Å². The fraction of sp³-hybridized carbons (Fsp3) is 0.143. The molecule has 0 fully saturated rings. The molecule has 2 aromatic heterocycles. The van der Waals surface area contributed by atoms with Crippen LogP contribution in [0.5, 0.6) is 0 Å². The number of benzene rings is 1. The van der Waals surface area contributed by atoms with Crippen molar-refractivity contribution in [2.24, 2.45) is 0 Å². The first kappa shape index (κ1) is 12.7. The van der Waals surface area contributed by atoms with Crippen LogP contribution in [-0.4, -0.2) is 19.7 Å². The number of rotatable bonds is 4. The lowest BCUT2D eigenvalue weighted by molar-refractivity contribution is 1.03. The number of hydrogen-bond donors (Lipinski definition) is 2. The van der Waals surface area contributed by atoms with Gasteiger partial charge in [-0.05, 0) is 19.1 Å². The second-order valence-corrected chi connectivity index (χ2v) is 4.89. The molecule has 3 aromatic rings. The van der Waals surface area contributed by atoms with E-state index in [1.807, 2.05) is 42.1 Å². The fourth-order valence-corrected chi connectivity index (χ4v) is 2.33. The number of nitrogens with zero attached hydrogens (tertiary/aromatic N) is 3. The number of hydrogen-bond acceptors (Lipinski definition) is 3. The average Bonchev–Trinajstić information content (AvgIpc) is 3.08. The van der Waals surface area contributed by atoms with E-state index in [1.165, 1.54) is 0 Å². The Balaban J connectivity index is 1.90. The van der Waals surface area contributed by atoms with Gasteiger partial charge in [-0.1, -0.05) is 17.7 Å². The predicted octanol–water partition coefficient (Wildman–Crippen LogP) is 3.17. The minimum atomic E-state index is 0.678. The minimum Gasteiger partial charge on any atom is -0.379 e. The standard InChI is InChI=1S/C14H14ClN5/c1-10-11(8-18-19-10)7-17-13-4-2-3-12(15)14(13)20-6-5-16-9-20/h2-6,8-9,17H,7H2,1H3,(H,18,19). The number of para-hydroxylation sites is 1. The predicted molar refractivity (Wildman–Crippen MR) is 79.2 cm³/mol. The quantitative estimate of drug-likeness (QED) is 0.775. The van der Waals surface area contributed by atoms with Gasteiger partial charge in [-0.25, -0.2) is 4.98 Å². The fourth-order valence-electron chi connectivity index (χ4n) is 2.06. The van der Waals surface area contributed by atoms with Crippen LogP contribution in [-0.2, 0) is 6.54 Å². The van der Waals surface area contributed by atoms with E-state index in [-0.39, 0.29) is 0 Å². The summed E-state index contributed by atoms with van der Waals surface area (Å²) in [5, 5.41) is 11.0. The monoisotopic (exact) mass is 287 g/mol. The van der Waals surface area contributed by atoms with Gasteiger partial charge < -0.3 is 9.88 Å². The van der Waals surface area contributed by atoms with Gasteiger partial charge in [0.1, 0.15) is 0 Å². The Bertz CT molecular complexity index is 702. The van der Waals surface area contributed by atoms with Gasteiger partial charge in [-0.3, -0.25) is 5.10 Å². The zero-order valence-corrected chi connectivity index (χ0v) is 11.7. The number of halogens is 1. The SMILES string of the molecule is Cc1[nH]ncc1CNc1cccc(Cl)c1-n1ccnc1. The molecule has 0 saturated heterocycles. The molecule has 20 heavy (non-hydrogen) atoms. The van der Waals surface area contributed by atoms with Gasteiger partial charge in [0.25, 0.3) is 0 Å². The Labute approximate surface area is 121 Å². The van der Waals surface area contributed by atoms with Crippen molar-refractivity contribution in [2.75, 3.05) is 5.32 Å². The van der Waals surface area contributed by atoms with Crippen LogP contribution >= 0.6 is 11.6 Å². The molecule has 102 valence electrons. The molecule has 0 aliphatic carbocycles. The van der Waals surface area contributed by atoms with Gasteiger partial charge >= 0.3 is 0 Å². The molecule has 0 atom stereocenters. The smallest absolute Gasteiger partial charge is 0.0992 e. The van der Waals surface area contributed by atoms with Crippen LogP contribution in [0.4, 0.5) is 5.69 Å². The highest BCUT2D eigenvalue weighted by molar-refractivity contribution is 6.33. The topological polar surface area (TPSA) is 58.5 Å². The number of aryl methyl sites for hydroxylation is 1. The van der Waals surface area contributed by atoms with Crippen LogP contribution in [0, 0.1) is 6.92 Å². The summed E-state index contributed by atoms with van der Waals surface area (Å²) >= 11 is 6.31. The second kappa shape index (κ2) is 5.38. The molecule has 0 bridgehead atoms. The van der Waals surface area contributed by atoms with Crippen LogP contribution in [0.25, 0.3) is 5.69 Å². The lowest BCUT2D eigenvalue weighted by atomic mass is 10.2. The maximum absolute atomic E-state index is 6.31. The summed E-state index contributed by atoms with van der Waals surface area (Å²) in [6.07, 6.45) is 7.15. The third-order valence-electron chi connectivity index (χ3n) is 3.15. The third kappa shape index (κ3) is 2.40. The molecule has 0 aliphatic heterocycles. The van der Waals surface area contributed by atoms with E-state index in [9.17, 15) is 0 Å². The summed E-state index contributed by atoms with van der Waals surface area (Å²) in [6, 6.07) is 5.79. The lowest BCUT2D eigenvalue weighted by Gasteiger charge is -2.14. The largest absolute Gasteiger partial charge is 0.379 e. The van der Waals surface area contributed by atoms with Crippen molar-refractivity contribution < 1.29 is 0 Å². The van der Waals surface area contributed by atoms with E-state index in [2.05, 4.69) is 20.5 Å². The van der Waals surface area contributed by atoms with Crippen LogP contribution in [0.2, 0.25) is 5.02 Å². The van der Waals surface area contributed by atoms with E-state index in [1.54, 1.807) is 12.5 Å². The van der Waals surface area contributed by atoms with Crippen LogP contribution in [0.15, 0.2) is 43.1 Å². The van der Waals surface area contributed by atoms with Crippen molar-refractivity contribution >= 4 is 17.3 Å². The van der Waals surface area contributed by atoms with Gasteiger partial charge in [0.2, 0.25) is 0 Å². The maximum Gasteiger partial charge on any atom is 0.0992 e. The summed E-state index contributed by atoms with van der Waals surface area (Å²) in [5.74, 6) is 0. The number of anilines is 1. The van der Waals surface area contributed by atoms with Crippen LogP contribution in [0.3, 0.4) is 0 Å². The van der Waals surface area contributed by atoms with Gasteiger partial charge in [-0.2, -0.15) is 5.10 Å². The van der Waals surface area contributed by atoms with E-state index in [4.69, 9.17) is 11.6 Å². The molecule has 0 radical (unpaired) electrons. The number of aromatic nitrogens is 4. The van der Waals surface area contributed by atoms with E-state index in [0.717, 1.165) is 22.6 Å². The molecule has 6 heteroatoms. The van der Waals surface area contributed by atoms with Crippen molar-refractivity contribution in [3.8, 4) is 5.69 Å². The third-order valence-corrected chi connectivity index (χ3v) is 3.46. The van der Waals surface area contributed by atoms with Crippen molar-refractivity contribution in [1.29, 1.82) is 0 Å². The molecule has 5 nitrogen and oxygen atoms in total. The molecule has 2 N–H and O–H groups in total. The summed E-state index contributed by atoms with van der Waals surface area (Å²) in [5.41, 5.74) is 4.04. The van der Waals surface area contributed by atoms with E-state index >= 15 is 0 Å². The number of imidazole rings is 1. The first-order valence-electron chi connectivity index (χ1n) is 6.25. The maximum atomic E-state index is 6.31. The summed E-state index contributed by atoms with van der Waals surface area (Å²) < 4.78 is 1.90. The van der Waals surface area contributed by atoms with Gasteiger partial charge in [0.15, 0.2) is 0 Å². The summed E-state index contributed by atoms with van der Waals surface area (Å²) in [4.78, 5) is 4.07. The van der Waals surface area contributed by atoms with Crippen LogP contribution in [0.1, 0.15) is 11.3 Å². The number of aromatic amines is 1. The summed E-state index contributed by atoms with van der Waals surface area (Å²) in [6.45, 7) is 2.68. The molecule has 0 amide bonds. The van der Waals surface area contributed by atoms with Gasteiger partial charge in [0, 0.05) is 30.2 Å². The molecular formula is C14H14ClN5. The molecular weight excluding hydrogens is 274 g/mol. The van der Waals surface area contributed by atoms with Crippen molar-refractivity contribution in [1.82, 2.24) is 19.7 Å². The molecule has 2 heterocycles. The van der Waals surface area contributed by atoms with E-state index in [0.29, 0.717) is 11.6 Å². The molecule has 0 unspecified atom stereocenters. The second-order valence-electron chi connectivity index (χ2n) is 4.48. The Kier molecular flexibility index (Phi) is 3.43. The van der Waals surface area contributed by atoms with Crippen molar-refractivity contribution in [3.05, 3.63) is 59.4 Å². The molecule has 1 aromatic carbocycles. The first-order valence-corrected chi connectivity index (χ1v) is 6.63. The Morgan fingerprint density at radius 3 is 3.00 bits per heavy atom. The zero-order chi connectivity index (χ0) is 13.9. The lowest BCUT2D eigenvalue weighted by Crippen LogP contribution is -2.04. The van der Waals surface area contributed by atoms with Crippen molar-refractivity contribution in [2.45, 2.75) is 13.5 Å². The van der Waals surface area contributed by atoms with Crippen LogP contribution < -0.4 is 5.32 Å². The molecule has 0 saturated carbocycles. The average molecular weight is 288 g/mol. The van der Waals surface area contributed by atoms with Gasteiger partial charge in [0.05, 0.1) is 28.9 Å². The normalized spacial score (nSPS) is 10.7.